The zero-order valence-electron chi connectivity index (χ0n) is 7.81. The van der Waals surface area contributed by atoms with Crippen LogP contribution in [0.1, 0.15) is 20.8 Å². The summed E-state index contributed by atoms with van der Waals surface area (Å²) in [6.07, 6.45) is 2.62. The monoisotopic (exact) mass is 181 g/mol. The van der Waals surface area contributed by atoms with Gasteiger partial charge in [-0.15, -0.1) is 10.2 Å². The zero-order chi connectivity index (χ0) is 9.90. The molecule has 0 atom stereocenters. The zero-order valence-corrected chi connectivity index (χ0v) is 7.81. The molecule has 0 aliphatic heterocycles. The number of ether oxygens (including phenoxy) is 1. The molecule has 0 amide bonds. The lowest BCUT2D eigenvalue weighted by Crippen LogP contribution is -2.26. The Morgan fingerprint density at radius 2 is 2.15 bits per heavy atom. The van der Waals surface area contributed by atoms with Gasteiger partial charge in [-0.25, -0.2) is 4.98 Å². The molecule has 0 saturated carbocycles. The maximum atomic E-state index is 11.3. The third kappa shape index (κ3) is 2.77. The molecule has 0 N–H and O–H groups in total. The first-order chi connectivity index (χ1) is 6.00. The second kappa shape index (κ2) is 3.47. The van der Waals surface area contributed by atoms with Crippen LogP contribution in [0.25, 0.3) is 0 Å². The van der Waals surface area contributed by atoms with Gasteiger partial charge in [-0.05, 0) is 20.8 Å². The van der Waals surface area contributed by atoms with Crippen molar-refractivity contribution in [3.63, 3.8) is 0 Å². The highest BCUT2D eigenvalue weighted by Gasteiger charge is 2.24. The summed E-state index contributed by atoms with van der Waals surface area (Å²) in [6.45, 7) is 5.29. The van der Waals surface area contributed by atoms with Crippen LogP contribution in [0.5, 0.6) is 5.88 Å². The number of carbonyl (C=O) groups excluding carboxylic acids is 1. The van der Waals surface area contributed by atoms with Crippen LogP contribution in [0.4, 0.5) is 0 Å². The Bertz CT molecular complexity index is 292. The summed E-state index contributed by atoms with van der Waals surface area (Å²) < 4.78 is 4.90. The average Bonchev–Trinajstić information content (AvgIpc) is 2.04. The molecule has 0 fully saturated rings. The van der Waals surface area contributed by atoms with Gasteiger partial charge in [0.2, 0.25) is 0 Å². The SMILES string of the molecule is CC(C)(C)C(=O)Oc1cncnn1. The van der Waals surface area contributed by atoms with Crippen LogP contribution < -0.4 is 4.74 Å². The normalized spacial score (nSPS) is 11.0. The molecule has 0 unspecified atom stereocenters. The Kier molecular flexibility index (Phi) is 2.55. The van der Waals surface area contributed by atoms with E-state index < -0.39 is 5.41 Å². The summed E-state index contributed by atoms with van der Waals surface area (Å²) in [7, 11) is 0. The molecule has 0 saturated heterocycles. The molecule has 5 heteroatoms. The largest absolute Gasteiger partial charge is 0.404 e. The Balaban J connectivity index is 2.66. The number of hydrogen-bond acceptors (Lipinski definition) is 5. The van der Waals surface area contributed by atoms with Crippen LogP contribution in [-0.4, -0.2) is 21.2 Å². The highest BCUT2D eigenvalue weighted by Crippen LogP contribution is 2.16. The van der Waals surface area contributed by atoms with Gasteiger partial charge in [0, 0.05) is 0 Å². The second-order valence-electron chi connectivity index (χ2n) is 3.59. The Labute approximate surface area is 76.2 Å². The molecule has 1 aromatic rings. The summed E-state index contributed by atoms with van der Waals surface area (Å²) in [5.41, 5.74) is -0.544. The fourth-order valence-electron chi connectivity index (χ4n) is 0.530. The van der Waals surface area contributed by atoms with Gasteiger partial charge in [0.15, 0.2) is 0 Å². The van der Waals surface area contributed by atoms with Crippen LogP contribution in [0.3, 0.4) is 0 Å². The molecule has 0 aliphatic rings. The molecule has 0 spiro atoms. The lowest BCUT2D eigenvalue weighted by Gasteiger charge is -2.14. The van der Waals surface area contributed by atoms with E-state index in [0.717, 1.165) is 0 Å². The van der Waals surface area contributed by atoms with Gasteiger partial charge < -0.3 is 4.74 Å². The van der Waals surface area contributed by atoms with Crippen molar-refractivity contribution in [2.45, 2.75) is 20.8 Å². The maximum absolute atomic E-state index is 11.3. The van der Waals surface area contributed by atoms with Crippen molar-refractivity contribution in [3.05, 3.63) is 12.5 Å². The molecule has 13 heavy (non-hydrogen) atoms. The summed E-state index contributed by atoms with van der Waals surface area (Å²) >= 11 is 0. The third-order valence-corrected chi connectivity index (χ3v) is 1.27. The van der Waals surface area contributed by atoms with E-state index in [0.29, 0.717) is 0 Å². The van der Waals surface area contributed by atoms with Crippen molar-refractivity contribution in [2.75, 3.05) is 0 Å². The Morgan fingerprint density at radius 3 is 2.62 bits per heavy atom. The molecule has 1 aromatic heterocycles. The molecular formula is C8H11N3O2. The van der Waals surface area contributed by atoms with Gasteiger partial charge >= 0.3 is 5.97 Å². The van der Waals surface area contributed by atoms with Crippen molar-refractivity contribution in [3.8, 4) is 5.88 Å². The Hall–Kier alpha value is -1.52. The van der Waals surface area contributed by atoms with Crippen molar-refractivity contribution in [2.24, 2.45) is 5.41 Å². The molecule has 70 valence electrons. The predicted molar refractivity (Wildman–Crippen MR) is 44.9 cm³/mol. The highest BCUT2D eigenvalue weighted by atomic mass is 16.5. The van der Waals surface area contributed by atoms with Crippen LogP contribution in [0.2, 0.25) is 0 Å². The summed E-state index contributed by atoms with van der Waals surface area (Å²) in [6, 6.07) is 0. The number of hydrogen-bond donors (Lipinski definition) is 0. The molecule has 5 nitrogen and oxygen atoms in total. The van der Waals surface area contributed by atoms with Crippen molar-refractivity contribution in [1.29, 1.82) is 0 Å². The van der Waals surface area contributed by atoms with Gasteiger partial charge in [0.05, 0.1) is 11.6 Å². The minimum absolute atomic E-state index is 0.127. The number of esters is 1. The lowest BCUT2D eigenvalue weighted by molar-refractivity contribution is -0.143. The summed E-state index contributed by atoms with van der Waals surface area (Å²) in [5.74, 6) is -0.225. The van der Waals surface area contributed by atoms with Gasteiger partial charge in [-0.1, -0.05) is 0 Å². The minimum atomic E-state index is -0.544. The second-order valence-corrected chi connectivity index (χ2v) is 3.59. The van der Waals surface area contributed by atoms with E-state index in [4.69, 9.17) is 4.74 Å². The first kappa shape index (κ1) is 9.57. The first-order valence-electron chi connectivity index (χ1n) is 3.85. The summed E-state index contributed by atoms with van der Waals surface area (Å²) in [4.78, 5) is 15.0. The molecule has 0 bridgehead atoms. The molecular weight excluding hydrogens is 170 g/mol. The van der Waals surface area contributed by atoms with E-state index in [1.54, 1.807) is 20.8 Å². The van der Waals surface area contributed by atoms with E-state index >= 15 is 0 Å². The van der Waals surface area contributed by atoms with Gasteiger partial charge in [-0.3, -0.25) is 4.79 Å². The van der Waals surface area contributed by atoms with E-state index in [2.05, 4.69) is 15.2 Å². The fraction of sp³-hybridized carbons (Fsp3) is 0.500. The minimum Gasteiger partial charge on any atom is -0.404 e. The van der Waals surface area contributed by atoms with E-state index in [-0.39, 0.29) is 11.8 Å². The predicted octanol–water partition coefficient (Wildman–Crippen LogP) is 0.823. The molecule has 0 aromatic carbocycles. The Morgan fingerprint density at radius 1 is 1.46 bits per heavy atom. The quantitative estimate of drug-likeness (QED) is 0.600. The third-order valence-electron chi connectivity index (χ3n) is 1.27. The summed E-state index contributed by atoms with van der Waals surface area (Å²) in [5, 5.41) is 7.06. The highest BCUT2D eigenvalue weighted by molar-refractivity contribution is 5.77. The topological polar surface area (TPSA) is 65.0 Å². The average molecular weight is 181 g/mol. The van der Waals surface area contributed by atoms with E-state index in [9.17, 15) is 4.79 Å². The van der Waals surface area contributed by atoms with Crippen molar-refractivity contribution >= 4 is 5.97 Å². The van der Waals surface area contributed by atoms with Crippen molar-refractivity contribution in [1.82, 2.24) is 15.2 Å². The van der Waals surface area contributed by atoms with Gasteiger partial charge in [-0.2, -0.15) is 0 Å². The molecule has 0 radical (unpaired) electrons. The molecule has 0 aliphatic carbocycles. The smallest absolute Gasteiger partial charge is 0.318 e. The van der Waals surface area contributed by atoms with Gasteiger partial charge in [0.1, 0.15) is 6.33 Å². The van der Waals surface area contributed by atoms with Crippen LogP contribution >= 0.6 is 0 Å². The van der Waals surface area contributed by atoms with Crippen LogP contribution in [-0.2, 0) is 4.79 Å². The number of carbonyl (C=O) groups is 1. The van der Waals surface area contributed by atoms with Crippen molar-refractivity contribution < 1.29 is 9.53 Å². The molecule has 1 rings (SSSR count). The maximum Gasteiger partial charge on any atom is 0.318 e. The standard InChI is InChI=1S/C8H11N3O2/c1-8(2,3)7(12)13-6-4-9-5-10-11-6/h4-5H,1-3H3. The fourth-order valence-corrected chi connectivity index (χ4v) is 0.530. The number of aromatic nitrogens is 3. The van der Waals surface area contributed by atoms with E-state index in [1.165, 1.54) is 12.5 Å². The van der Waals surface area contributed by atoms with Gasteiger partial charge in [0.25, 0.3) is 5.88 Å². The van der Waals surface area contributed by atoms with Crippen LogP contribution in [0.15, 0.2) is 12.5 Å². The van der Waals surface area contributed by atoms with Crippen LogP contribution in [0, 0.1) is 5.41 Å². The number of rotatable bonds is 1. The first-order valence-corrected chi connectivity index (χ1v) is 3.85. The number of nitrogens with zero attached hydrogens (tertiary/aromatic N) is 3. The lowest BCUT2D eigenvalue weighted by atomic mass is 9.97. The molecule has 1 heterocycles. The van der Waals surface area contributed by atoms with E-state index in [1.807, 2.05) is 0 Å².